The molecule has 92 valence electrons. The molecule has 0 radical (unpaired) electrons. The number of hydrogen-bond acceptors (Lipinski definition) is 2. The summed E-state index contributed by atoms with van der Waals surface area (Å²) in [5.41, 5.74) is 1.74. The molecule has 0 amide bonds. The fourth-order valence-corrected chi connectivity index (χ4v) is 1.64. The molecule has 3 nitrogen and oxygen atoms in total. The SMILES string of the molecule is Cc1ccc(O[C@H](C(=O)O)c2ccccc2)cc1. The zero-order valence-corrected chi connectivity index (χ0v) is 10.0. The molecule has 1 atom stereocenters. The summed E-state index contributed by atoms with van der Waals surface area (Å²) in [5.74, 6) is -0.446. The molecule has 2 aromatic rings. The molecule has 2 aromatic carbocycles. The normalized spacial score (nSPS) is 11.8. The van der Waals surface area contributed by atoms with Gasteiger partial charge in [0.25, 0.3) is 0 Å². The van der Waals surface area contributed by atoms with Crippen LogP contribution in [0.2, 0.25) is 0 Å². The molecule has 0 fully saturated rings. The lowest BCUT2D eigenvalue weighted by molar-refractivity contribution is -0.145. The van der Waals surface area contributed by atoms with Crippen LogP contribution < -0.4 is 4.74 Å². The van der Waals surface area contributed by atoms with Crippen molar-refractivity contribution in [3.05, 3.63) is 65.7 Å². The second kappa shape index (κ2) is 5.36. The lowest BCUT2D eigenvalue weighted by Gasteiger charge is -2.15. The molecule has 0 saturated carbocycles. The maximum atomic E-state index is 11.2. The zero-order valence-electron chi connectivity index (χ0n) is 10.0. The van der Waals surface area contributed by atoms with Crippen molar-refractivity contribution < 1.29 is 14.6 Å². The van der Waals surface area contributed by atoms with Crippen molar-refractivity contribution in [2.24, 2.45) is 0 Å². The molecule has 3 heteroatoms. The Labute approximate surface area is 106 Å². The predicted molar refractivity (Wildman–Crippen MR) is 68.6 cm³/mol. The molecular formula is C15H14O3. The number of carbonyl (C=O) groups is 1. The van der Waals surface area contributed by atoms with E-state index >= 15 is 0 Å². The van der Waals surface area contributed by atoms with Crippen LogP contribution in [0.5, 0.6) is 5.75 Å². The van der Waals surface area contributed by atoms with E-state index in [2.05, 4.69) is 0 Å². The summed E-state index contributed by atoms with van der Waals surface area (Å²) >= 11 is 0. The molecule has 0 unspecified atom stereocenters. The zero-order chi connectivity index (χ0) is 13.0. The van der Waals surface area contributed by atoms with Gasteiger partial charge in [-0.3, -0.25) is 0 Å². The minimum absolute atomic E-state index is 0.553. The Morgan fingerprint density at radius 3 is 2.22 bits per heavy atom. The van der Waals surface area contributed by atoms with Gasteiger partial charge in [0.15, 0.2) is 0 Å². The van der Waals surface area contributed by atoms with Gasteiger partial charge in [-0.05, 0) is 19.1 Å². The summed E-state index contributed by atoms with van der Waals surface area (Å²) in [6.45, 7) is 1.97. The first-order valence-electron chi connectivity index (χ1n) is 5.68. The summed E-state index contributed by atoms with van der Waals surface area (Å²) in [6, 6.07) is 16.2. The van der Waals surface area contributed by atoms with Crippen LogP contribution >= 0.6 is 0 Å². The van der Waals surface area contributed by atoms with Gasteiger partial charge in [-0.2, -0.15) is 0 Å². The number of rotatable bonds is 4. The van der Waals surface area contributed by atoms with Crippen molar-refractivity contribution in [3.63, 3.8) is 0 Å². The topological polar surface area (TPSA) is 46.5 Å². The highest BCUT2D eigenvalue weighted by Gasteiger charge is 2.21. The summed E-state index contributed by atoms with van der Waals surface area (Å²) in [5, 5.41) is 9.22. The molecule has 0 heterocycles. The molecule has 2 rings (SSSR count). The van der Waals surface area contributed by atoms with Crippen LogP contribution in [-0.4, -0.2) is 11.1 Å². The average molecular weight is 242 g/mol. The molecule has 0 saturated heterocycles. The quantitative estimate of drug-likeness (QED) is 0.895. The molecule has 18 heavy (non-hydrogen) atoms. The van der Waals surface area contributed by atoms with Gasteiger partial charge < -0.3 is 9.84 Å². The Kier molecular flexibility index (Phi) is 3.63. The highest BCUT2D eigenvalue weighted by Crippen LogP contribution is 2.22. The lowest BCUT2D eigenvalue weighted by atomic mass is 10.1. The van der Waals surface area contributed by atoms with Crippen LogP contribution in [0.1, 0.15) is 17.2 Å². The molecule has 0 aliphatic carbocycles. The van der Waals surface area contributed by atoms with Crippen molar-refractivity contribution in [2.75, 3.05) is 0 Å². The minimum Gasteiger partial charge on any atom is -0.478 e. The van der Waals surface area contributed by atoms with Gasteiger partial charge in [0.05, 0.1) is 0 Å². The van der Waals surface area contributed by atoms with Crippen LogP contribution in [0, 0.1) is 6.92 Å². The summed E-state index contributed by atoms with van der Waals surface area (Å²) in [6.07, 6.45) is -0.978. The standard InChI is InChI=1S/C15H14O3/c1-11-7-9-13(10-8-11)18-14(15(16)17)12-5-3-2-4-6-12/h2-10,14H,1H3,(H,16,17)/t14-/m0/s1. The summed E-state index contributed by atoms with van der Waals surface area (Å²) < 4.78 is 5.52. The largest absolute Gasteiger partial charge is 0.478 e. The number of ether oxygens (including phenoxy) is 1. The maximum Gasteiger partial charge on any atom is 0.349 e. The smallest absolute Gasteiger partial charge is 0.349 e. The van der Waals surface area contributed by atoms with E-state index in [0.29, 0.717) is 11.3 Å². The van der Waals surface area contributed by atoms with E-state index in [1.54, 1.807) is 36.4 Å². The Morgan fingerprint density at radius 1 is 1.06 bits per heavy atom. The van der Waals surface area contributed by atoms with Crippen molar-refractivity contribution >= 4 is 5.97 Å². The molecule has 1 N–H and O–H groups in total. The fraction of sp³-hybridized carbons (Fsp3) is 0.133. The van der Waals surface area contributed by atoms with Crippen molar-refractivity contribution in [1.29, 1.82) is 0 Å². The Bertz CT molecular complexity index is 517. The van der Waals surface area contributed by atoms with E-state index in [0.717, 1.165) is 5.56 Å². The highest BCUT2D eigenvalue weighted by molar-refractivity contribution is 5.74. The summed E-state index contributed by atoms with van der Waals surface area (Å²) in [4.78, 5) is 11.2. The van der Waals surface area contributed by atoms with Crippen LogP contribution in [0.4, 0.5) is 0 Å². The fourth-order valence-electron chi connectivity index (χ4n) is 1.64. The molecule has 0 aliphatic rings. The number of aryl methyl sites for hydroxylation is 1. The van der Waals surface area contributed by atoms with Gasteiger partial charge in [-0.15, -0.1) is 0 Å². The van der Waals surface area contributed by atoms with E-state index in [1.165, 1.54) is 0 Å². The van der Waals surface area contributed by atoms with Gasteiger partial charge in [0.2, 0.25) is 6.10 Å². The Morgan fingerprint density at radius 2 is 1.67 bits per heavy atom. The lowest BCUT2D eigenvalue weighted by Crippen LogP contribution is -2.18. The van der Waals surface area contributed by atoms with E-state index < -0.39 is 12.1 Å². The molecule has 0 spiro atoms. The van der Waals surface area contributed by atoms with Crippen molar-refractivity contribution in [1.82, 2.24) is 0 Å². The molecule has 0 aliphatic heterocycles. The number of aliphatic carboxylic acids is 1. The number of hydrogen-bond donors (Lipinski definition) is 1. The van der Waals surface area contributed by atoms with Crippen molar-refractivity contribution in [3.8, 4) is 5.75 Å². The Balaban J connectivity index is 2.22. The number of carboxylic acid groups (broad SMARTS) is 1. The second-order valence-corrected chi connectivity index (χ2v) is 4.06. The maximum absolute atomic E-state index is 11.2. The van der Waals surface area contributed by atoms with Gasteiger partial charge in [-0.25, -0.2) is 4.79 Å². The van der Waals surface area contributed by atoms with Crippen LogP contribution in [0.25, 0.3) is 0 Å². The average Bonchev–Trinajstić information content (AvgIpc) is 2.38. The predicted octanol–water partition coefficient (Wildman–Crippen LogP) is 3.20. The van der Waals surface area contributed by atoms with E-state index in [1.807, 2.05) is 25.1 Å². The third-order valence-electron chi connectivity index (χ3n) is 2.60. The first-order valence-corrected chi connectivity index (χ1v) is 5.68. The van der Waals surface area contributed by atoms with E-state index in [9.17, 15) is 9.90 Å². The minimum atomic E-state index is -0.998. The molecular weight excluding hydrogens is 228 g/mol. The summed E-state index contributed by atoms with van der Waals surface area (Å²) in [7, 11) is 0. The molecule has 0 aromatic heterocycles. The monoisotopic (exact) mass is 242 g/mol. The van der Waals surface area contributed by atoms with Gasteiger partial charge in [0, 0.05) is 5.56 Å². The third kappa shape index (κ3) is 2.88. The van der Waals surface area contributed by atoms with E-state index in [-0.39, 0.29) is 0 Å². The number of benzene rings is 2. The Hall–Kier alpha value is -2.29. The van der Waals surface area contributed by atoms with Gasteiger partial charge >= 0.3 is 5.97 Å². The highest BCUT2D eigenvalue weighted by atomic mass is 16.5. The third-order valence-corrected chi connectivity index (χ3v) is 2.60. The van der Waals surface area contributed by atoms with Crippen LogP contribution in [0.15, 0.2) is 54.6 Å². The second-order valence-electron chi connectivity index (χ2n) is 4.06. The number of carboxylic acids is 1. The van der Waals surface area contributed by atoms with E-state index in [4.69, 9.17) is 4.74 Å². The van der Waals surface area contributed by atoms with Crippen LogP contribution in [-0.2, 0) is 4.79 Å². The first-order chi connectivity index (χ1) is 8.66. The van der Waals surface area contributed by atoms with Gasteiger partial charge in [0.1, 0.15) is 5.75 Å². The first kappa shape index (κ1) is 12.2. The van der Waals surface area contributed by atoms with Crippen molar-refractivity contribution in [2.45, 2.75) is 13.0 Å². The van der Waals surface area contributed by atoms with Crippen LogP contribution in [0.3, 0.4) is 0 Å². The molecule has 0 bridgehead atoms. The van der Waals surface area contributed by atoms with Gasteiger partial charge in [-0.1, -0.05) is 48.0 Å².